The average molecular weight is 330 g/mol. The third-order valence-electron chi connectivity index (χ3n) is 4.96. The van der Waals surface area contributed by atoms with E-state index in [9.17, 15) is 4.79 Å². The minimum Gasteiger partial charge on any atom is -0.469 e. The van der Waals surface area contributed by atoms with Crippen molar-refractivity contribution >= 4 is 17.2 Å². The third-order valence-corrected chi connectivity index (χ3v) is 5.93. The summed E-state index contributed by atoms with van der Waals surface area (Å²) in [4.78, 5) is 16.3. The number of carbonyl (C=O) groups is 1. The van der Waals surface area contributed by atoms with Crippen molar-refractivity contribution in [1.82, 2.24) is 10.2 Å². The van der Waals surface area contributed by atoms with Crippen LogP contribution in [0.4, 0.5) is 0 Å². The molecule has 1 aliphatic heterocycles. The molecule has 0 radical (unpaired) electrons. The number of likely N-dealkylation sites (tertiary alicyclic amines) is 1. The van der Waals surface area contributed by atoms with Crippen LogP contribution in [-0.2, 0) is 4.79 Å². The van der Waals surface area contributed by atoms with Crippen molar-refractivity contribution in [3.05, 3.63) is 46.5 Å². The van der Waals surface area contributed by atoms with E-state index in [1.54, 1.807) is 17.6 Å². The Morgan fingerprint density at radius 1 is 1.35 bits per heavy atom. The first-order chi connectivity index (χ1) is 11.3. The molecule has 1 saturated heterocycles. The molecule has 23 heavy (non-hydrogen) atoms. The average Bonchev–Trinajstić information content (AvgIpc) is 3.10. The number of furan rings is 1. The van der Waals surface area contributed by atoms with E-state index >= 15 is 0 Å². The highest BCUT2D eigenvalue weighted by atomic mass is 32.1. The lowest BCUT2D eigenvalue weighted by molar-refractivity contribution is -0.122. The summed E-state index contributed by atoms with van der Waals surface area (Å²) in [6, 6.07) is 8.46. The first kappa shape index (κ1) is 15.0. The van der Waals surface area contributed by atoms with Gasteiger partial charge in [-0.15, -0.1) is 11.3 Å². The molecule has 3 unspecified atom stereocenters. The minimum atomic E-state index is 0.0868. The summed E-state index contributed by atoms with van der Waals surface area (Å²) < 4.78 is 5.42. The van der Waals surface area contributed by atoms with Crippen molar-refractivity contribution in [3.8, 4) is 0 Å². The molecular weight excluding hydrogens is 308 g/mol. The highest BCUT2D eigenvalue weighted by Crippen LogP contribution is 2.47. The van der Waals surface area contributed by atoms with Crippen molar-refractivity contribution in [3.63, 3.8) is 0 Å². The van der Waals surface area contributed by atoms with Crippen molar-refractivity contribution in [2.24, 2.45) is 5.92 Å². The molecule has 2 aromatic rings. The van der Waals surface area contributed by atoms with Crippen LogP contribution in [0.5, 0.6) is 0 Å². The van der Waals surface area contributed by atoms with E-state index in [0.29, 0.717) is 12.6 Å². The zero-order chi connectivity index (χ0) is 15.6. The molecular formula is C18H22N2O2S. The Balaban J connectivity index is 1.35. The number of hydrogen-bond donors (Lipinski definition) is 1. The molecule has 1 N–H and O–H groups in total. The molecule has 4 rings (SSSR count). The summed E-state index contributed by atoms with van der Waals surface area (Å²) >= 11 is 1.78. The third kappa shape index (κ3) is 3.21. The van der Waals surface area contributed by atoms with E-state index in [1.807, 2.05) is 12.1 Å². The van der Waals surface area contributed by atoms with E-state index in [-0.39, 0.29) is 17.7 Å². The van der Waals surface area contributed by atoms with E-state index in [0.717, 1.165) is 25.3 Å². The Hall–Kier alpha value is -1.59. The van der Waals surface area contributed by atoms with Gasteiger partial charge in [-0.1, -0.05) is 6.07 Å². The van der Waals surface area contributed by atoms with Crippen LogP contribution in [0.1, 0.15) is 41.9 Å². The second-order valence-corrected chi connectivity index (χ2v) is 7.46. The maximum absolute atomic E-state index is 12.4. The maximum atomic E-state index is 12.4. The van der Waals surface area contributed by atoms with Gasteiger partial charge in [-0.05, 0) is 55.9 Å². The van der Waals surface area contributed by atoms with Gasteiger partial charge in [-0.2, -0.15) is 0 Å². The van der Waals surface area contributed by atoms with Crippen molar-refractivity contribution in [2.75, 3.05) is 19.6 Å². The summed E-state index contributed by atoms with van der Waals surface area (Å²) in [5.74, 6) is 1.48. The van der Waals surface area contributed by atoms with Crippen LogP contribution < -0.4 is 5.32 Å². The van der Waals surface area contributed by atoms with Crippen LogP contribution in [0, 0.1) is 5.92 Å². The van der Waals surface area contributed by atoms with Gasteiger partial charge in [0.2, 0.25) is 5.91 Å². The van der Waals surface area contributed by atoms with Gasteiger partial charge in [0, 0.05) is 23.3 Å². The summed E-state index contributed by atoms with van der Waals surface area (Å²) in [5.41, 5.74) is 0. The highest BCUT2D eigenvalue weighted by Gasteiger charge is 2.45. The molecule has 2 fully saturated rings. The Kier molecular flexibility index (Phi) is 4.23. The Morgan fingerprint density at radius 2 is 2.22 bits per heavy atom. The Bertz CT molecular complexity index is 632. The fraction of sp³-hybridized carbons (Fsp3) is 0.500. The predicted molar refractivity (Wildman–Crippen MR) is 90.4 cm³/mol. The first-order valence-corrected chi connectivity index (χ1v) is 9.29. The molecule has 3 atom stereocenters. The van der Waals surface area contributed by atoms with Crippen molar-refractivity contribution < 1.29 is 9.21 Å². The molecule has 1 saturated carbocycles. The highest BCUT2D eigenvalue weighted by molar-refractivity contribution is 7.10. The summed E-state index contributed by atoms with van der Waals surface area (Å²) in [6.07, 6.45) is 5.12. The number of nitrogens with zero attached hydrogens (tertiary/aromatic N) is 1. The molecule has 0 spiro atoms. The zero-order valence-corrected chi connectivity index (χ0v) is 13.9. The standard InChI is InChI=1S/C18H22N2O2S/c21-18(14-11-13(14)16-5-3-9-22-16)19-12-15(17-6-4-10-23-17)20-7-1-2-8-20/h3-6,9-10,13-15H,1-2,7-8,11-12H2,(H,19,21). The molecule has 2 aromatic heterocycles. The van der Waals surface area contributed by atoms with E-state index in [4.69, 9.17) is 4.42 Å². The topological polar surface area (TPSA) is 45.5 Å². The van der Waals surface area contributed by atoms with Crippen LogP contribution >= 0.6 is 11.3 Å². The van der Waals surface area contributed by atoms with Crippen LogP contribution in [0.25, 0.3) is 0 Å². The molecule has 4 nitrogen and oxygen atoms in total. The van der Waals surface area contributed by atoms with Gasteiger partial charge in [0.15, 0.2) is 0 Å². The van der Waals surface area contributed by atoms with Crippen LogP contribution in [-0.4, -0.2) is 30.4 Å². The number of amides is 1. The smallest absolute Gasteiger partial charge is 0.223 e. The number of carbonyl (C=O) groups excluding carboxylic acids is 1. The summed E-state index contributed by atoms with van der Waals surface area (Å²) in [7, 11) is 0. The Morgan fingerprint density at radius 3 is 2.91 bits per heavy atom. The second-order valence-electron chi connectivity index (χ2n) is 6.48. The molecule has 1 aliphatic carbocycles. The van der Waals surface area contributed by atoms with E-state index < -0.39 is 0 Å². The SMILES string of the molecule is O=C(NCC(c1cccs1)N1CCCC1)C1CC1c1ccco1. The van der Waals surface area contributed by atoms with Gasteiger partial charge in [0.1, 0.15) is 5.76 Å². The first-order valence-electron chi connectivity index (χ1n) is 8.41. The summed E-state index contributed by atoms with van der Waals surface area (Å²) in [5, 5.41) is 5.31. The van der Waals surface area contributed by atoms with Gasteiger partial charge in [0.05, 0.1) is 12.3 Å². The second kappa shape index (κ2) is 6.49. The van der Waals surface area contributed by atoms with Gasteiger partial charge < -0.3 is 9.73 Å². The molecule has 122 valence electrons. The van der Waals surface area contributed by atoms with Gasteiger partial charge in [-0.25, -0.2) is 0 Å². The number of thiophene rings is 1. The number of rotatable bonds is 6. The lowest BCUT2D eigenvalue weighted by atomic mass is 10.2. The van der Waals surface area contributed by atoms with Crippen LogP contribution in [0.15, 0.2) is 40.3 Å². The quantitative estimate of drug-likeness (QED) is 0.883. The van der Waals surface area contributed by atoms with Crippen molar-refractivity contribution in [2.45, 2.75) is 31.2 Å². The monoisotopic (exact) mass is 330 g/mol. The zero-order valence-electron chi connectivity index (χ0n) is 13.1. The van der Waals surface area contributed by atoms with Gasteiger partial charge in [-0.3, -0.25) is 9.69 Å². The fourth-order valence-electron chi connectivity index (χ4n) is 3.57. The largest absolute Gasteiger partial charge is 0.469 e. The predicted octanol–water partition coefficient (Wildman–Crippen LogP) is 3.40. The van der Waals surface area contributed by atoms with Gasteiger partial charge in [0.25, 0.3) is 0 Å². The van der Waals surface area contributed by atoms with Crippen molar-refractivity contribution in [1.29, 1.82) is 0 Å². The lowest BCUT2D eigenvalue weighted by Crippen LogP contribution is -2.37. The van der Waals surface area contributed by atoms with Crippen LogP contribution in [0.2, 0.25) is 0 Å². The number of hydrogen-bond acceptors (Lipinski definition) is 4. The molecule has 1 amide bonds. The minimum absolute atomic E-state index is 0.0868. The fourth-order valence-corrected chi connectivity index (χ4v) is 4.43. The molecule has 0 aromatic carbocycles. The normalized spacial score (nSPS) is 25.4. The number of nitrogens with one attached hydrogen (secondary N) is 1. The molecule has 0 bridgehead atoms. The Labute approximate surface area is 140 Å². The molecule has 5 heteroatoms. The van der Waals surface area contributed by atoms with E-state index in [2.05, 4.69) is 27.7 Å². The lowest BCUT2D eigenvalue weighted by Gasteiger charge is -2.27. The van der Waals surface area contributed by atoms with Gasteiger partial charge >= 0.3 is 0 Å². The molecule has 3 heterocycles. The van der Waals surface area contributed by atoms with Crippen LogP contribution in [0.3, 0.4) is 0 Å². The maximum Gasteiger partial charge on any atom is 0.223 e. The summed E-state index contributed by atoms with van der Waals surface area (Å²) in [6.45, 7) is 2.98. The van der Waals surface area contributed by atoms with E-state index in [1.165, 1.54) is 17.7 Å². The molecule has 2 aliphatic rings.